The number of hydrogen-bond acceptors (Lipinski definition) is 3. The molecule has 1 heterocycles. The topological polar surface area (TPSA) is 22.1 Å². The van der Waals surface area contributed by atoms with E-state index < -0.39 is 6.43 Å². The molecule has 2 aromatic rings. The molecular formula is C9H7F2NOS. The molecule has 0 aliphatic carbocycles. The number of fused-ring (bicyclic) bond motifs is 1. The summed E-state index contributed by atoms with van der Waals surface area (Å²) in [6.45, 7) is 0. The largest absolute Gasteiger partial charge is 0.495 e. The normalized spacial score (nSPS) is 11.1. The van der Waals surface area contributed by atoms with Crippen LogP contribution in [0.4, 0.5) is 8.78 Å². The van der Waals surface area contributed by atoms with Gasteiger partial charge in [0.2, 0.25) is 0 Å². The van der Waals surface area contributed by atoms with Gasteiger partial charge in [-0.25, -0.2) is 13.8 Å². The summed E-state index contributed by atoms with van der Waals surface area (Å²) in [7, 11) is 1.51. The number of hydrogen-bond donors (Lipinski definition) is 0. The third-order valence-corrected chi connectivity index (χ3v) is 2.90. The first-order valence-electron chi connectivity index (χ1n) is 3.94. The molecule has 74 valence electrons. The molecule has 0 spiro atoms. The van der Waals surface area contributed by atoms with Gasteiger partial charge in [-0.2, -0.15) is 0 Å². The molecule has 0 amide bonds. The molecule has 0 aliphatic heterocycles. The predicted octanol–water partition coefficient (Wildman–Crippen LogP) is 3.24. The van der Waals surface area contributed by atoms with Crippen LogP contribution in [0.1, 0.15) is 11.4 Å². The Morgan fingerprint density at radius 3 is 2.86 bits per heavy atom. The summed E-state index contributed by atoms with van der Waals surface area (Å²) >= 11 is 0.970. The van der Waals surface area contributed by atoms with E-state index in [9.17, 15) is 8.78 Å². The Bertz CT molecular complexity index is 455. The van der Waals surface area contributed by atoms with E-state index in [-0.39, 0.29) is 5.01 Å². The average molecular weight is 215 g/mol. The van der Waals surface area contributed by atoms with Crippen LogP contribution in [0.2, 0.25) is 0 Å². The Morgan fingerprint density at radius 2 is 2.21 bits per heavy atom. The lowest BCUT2D eigenvalue weighted by Gasteiger charge is -1.97. The summed E-state index contributed by atoms with van der Waals surface area (Å²) in [6.07, 6.45) is -2.52. The van der Waals surface area contributed by atoms with Gasteiger partial charge in [0.25, 0.3) is 6.43 Å². The van der Waals surface area contributed by atoms with Crippen LogP contribution in [0.25, 0.3) is 10.2 Å². The van der Waals surface area contributed by atoms with E-state index in [1.54, 1.807) is 18.2 Å². The summed E-state index contributed by atoms with van der Waals surface area (Å²) in [6, 6.07) is 5.16. The Balaban J connectivity index is 2.64. The van der Waals surface area contributed by atoms with E-state index in [1.807, 2.05) is 0 Å². The van der Waals surface area contributed by atoms with E-state index >= 15 is 0 Å². The van der Waals surface area contributed by atoms with Gasteiger partial charge in [0.05, 0.1) is 17.3 Å². The van der Waals surface area contributed by atoms with Gasteiger partial charge >= 0.3 is 0 Å². The monoisotopic (exact) mass is 215 g/mol. The van der Waals surface area contributed by atoms with Crippen LogP contribution in [-0.2, 0) is 0 Å². The highest BCUT2D eigenvalue weighted by Gasteiger charge is 2.15. The van der Waals surface area contributed by atoms with Crippen molar-refractivity contribution in [1.82, 2.24) is 4.98 Å². The molecule has 0 bridgehead atoms. The lowest BCUT2D eigenvalue weighted by atomic mass is 10.3. The van der Waals surface area contributed by atoms with Crippen LogP contribution >= 0.6 is 11.3 Å². The molecule has 0 N–H and O–H groups in total. The molecular weight excluding hydrogens is 208 g/mol. The lowest BCUT2D eigenvalue weighted by molar-refractivity contribution is 0.151. The number of ether oxygens (including phenoxy) is 1. The molecule has 0 saturated heterocycles. The zero-order valence-corrected chi connectivity index (χ0v) is 8.15. The van der Waals surface area contributed by atoms with E-state index in [2.05, 4.69) is 4.98 Å². The molecule has 1 aromatic heterocycles. The Hall–Kier alpha value is -1.23. The van der Waals surface area contributed by atoms with Crippen LogP contribution in [0.3, 0.4) is 0 Å². The fraction of sp³-hybridized carbons (Fsp3) is 0.222. The van der Waals surface area contributed by atoms with Crippen LogP contribution in [0, 0.1) is 0 Å². The number of rotatable bonds is 2. The maximum atomic E-state index is 12.3. The van der Waals surface area contributed by atoms with Gasteiger partial charge in [-0.3, -0.25) is 0 Å². The maximum absolute atomic E-state index is 12.3. The van der Waals surface area contributed by atoms with Crippen LogP contribution < -0.4 is 4.74 Å². The zero-order chi connectivity index (χ0) is 10.1. The molecule has 0 fully saturated rings. The SMILES string of the molecule is COc1cccc2nc(C(F)F)sc12. The first-order valence-corrected chi connectivity index (χ1v) is 4.75. The molecule has 0 radical (unpaired) electrons. The smallest absolute Gasteiger partial charge is 0.289 e. The van der Waals surface area contributed by atoms with Crippen molar-refractivity contribution >= 4 is 21.6 Å². The minimum Gasteiger partial charge on any atom is -0.495 e. The fourth-order valence-electron chi connectivity index (χ4n) is 1.20. The van der Waals surface area contributed by atoms with Gasteiger partial charge in [-0.05, 0) is 12.1 Å². The summed E-state index contributed by atoms with van der Waals surface area (Å²) < 4.78 is 30.4. The third-order valence-electron chi connectivity index (χ3n) is 1.80. The highest BCUT2D eigenvalue weighted by atomic mass is 32.1. The van der Waals surface area contributed by atoms with Crippen molar-refractivity contribution in [2.24, 2.45) is 0 Å². The van der Waals surface area contributed by atoms with Gasteiger partial charge in [0.1, 0.15) is 5.75 Å². The molecule has 0 saturated carbocycles. The summed E-state index contributed by atoms with van der Waals surface area (Å²) in [5.74, 6) is 0.590. The van der Waals surface area contributed by atoms with Gasteiger partial charge in [0, 0.05) is 0 Å². The van der Waals surface area contributed by atoms with Crippen molar-refractivity contribution in [3.63, 3.8) is 0 Å². The van der Waals surface area contributed by atoms with Crippen LogP contribution in [-0.4, -0.2) is 12.1 Å². The van der Waals surface area contributed by atoms with E-state index in [1.165, 1.54) is 7.11 Å². The van der Waals surface area contributed by atoms with Gasteiger partial charge in [0.15, 0.2) is 5.01 Å². The second-order valence-electron chi connectivity index (χ2n) is 2.66. The minimum atomic E-state index is -2.52. The fourth-order valence-corrected chi connectivity index (χ4v) is 2.11. The van der Waals surface area contributed by atoms with Crippen molar-refractivity contribution in [1.29, 1.82) is 0 Å². The molecule has 5 heteroatoms. The molecule has 0 unspecified atom stereocenters. The highest BCUT2D eigenvalue weighted by Crippen LogP contribution is 2.34. The van der Waals surface area contributed by atoms with Crippen molar-refractivity contribution in [2.45, 2.75) is 6.43 Å². The second kappa shape index (κ2) is 3.49. The second-order valence-corrected chi connectivity index (χ2v) is 3.69. The average Bonchev–Trinajstić information content (AvgIpc) is 2.60. The van der Waals surface area contributed by atoms with Gasteiger partial charge in [-0.1, -0.05) is 6.07 Å². The van der Waals surface area contributed by atoms with Crippen molar-refractivity contribution < 1.29 is 13.5 Å². The van der Waals surface area contributed by atoms with Crippen LogP contribution in [0.15, 0.2) is 18.2 Å². The van der Waals surface area contributed by atoms with E-state index in [4.69, 9.17) is 4.74 Å². The van der Waals surface area contributed by atoms with Crippen molar-refractivity contribution in [2.75, 3.05) is 7.11 Å². The molecule has 14 heavy (non-hydrogen) atoms. The summed E-state index contributed by atoms with van der Waals surface area (Å²) in [5, 5.41) is -0.162. The number of halogens is 2. The first-order chi connectivity index (χ1) is 6.72. The lowest BCUT2D eigenvalue weighted by Crippen LogP contribution is -1.81. The number of thiazole rings is 1. The number of alkyl halides is 2. The quantitative estimate of drug-likeness (QED) is 0.767. The standard InChI is InChI=1S/C9H7F2NOS/c1-13-6-4-2-3-5-7(6)14-9(12-5)8(10)11/h2-4,8H,1H3. The zero-order valence-electron chi connectivity index (χ0n) is 7.33. The molecule has 1 aromatic carbocycles. The molecule has 0 atom stereocenters. The number of nitrogens with zero attached hydrogens (tertiary/aromatic N) is 1. The first kappa shape index (κ1) is 9.33. The van der Waals surface area contributed by atoms with Gasteiger partial charge in [-0.15, -0.1) is 11.3 Å². The van der Waals surface area contributed by atoms with Crippen molar-refractivity contribution in [3.05, 3.63) is 23.2 Å². The number of benzene rings is 1. The number of aromatic nitrogens is 1. The molecule has 2 nitrogen and oxygen atoms in total. The molecule has 2 rings (SSSR count). The third kappa shape index (κ3) is 1.43. The minimum absolute atomic E-state index is 0.162. The van der Waals surface area contributed by atoms with E-state index in [0.29, 0.717) is 16.0 Å². The Labute approximate surface area is 83.1 Å². The van der Waals surface area contributed by atoms with Gasteiger partial charge < -0.3 is 4.74 Å². The molecule has 0 aliphatic rings. The summed E-state index contributed by atoms with van der Waals surface area (Å²) in [5.41, 5.74) is 0.560. The number of methoxy groups -OCH3 is 1. The summed E-state index contributed by atoms with van der Waals surface area (Å²) in [4.78, 5) is 3.81. The highest BCUT2D eigenvalue weighted by molar-refractivity contribution is 7.19. The maximum Gasteiger partial charge on any atom is 0.289 e. The Kier molecular flexibility index (Phi) is 2.33. The van der Waals surface area contributed by atoms with Crippen molar-refractivity contribution in [3.8, 4) is 5.75 Å². The predicted molar refractivity (Wildman–Crippen MR) is 51.1 cm³/mol. The Morgan fingerprint density at radius 1 is 1.43 bits per heavy atom. The van der Waals surface area contributed by atoms with E-state index in [0.717, 1.165) is 11.3 Å². The van der Waals surface area contributed by atoms with Crippen LogP contribution in [0.5, 0.6) is 5.75 Å².